The van der Waals surface area contributed by atoms with Crippen molar-refractivity contribution in [2.45, 2.75) is 33.4 Å². The minimum Gasteiger partial charge on any atom is -0.494 e. The van der Waals surface area contributed by atoms with E-state index in [-0.39, 0.29) is 38.2 Å². The Bertz CT molecular complexity index is 1030. The van der Waals surface area contributed by atoms with Crippen molar-refractivity contribution in [1.82, 2.24) is 10.2 Å². The first-order valence-corrected chi connectivity index (χ1v) is 11.3. The van der Waals surface area contributed by atoms with Crippen LogP contribution in [0.5, 0.6) is 5.75 Å². The number of rotatable bonds is 6. The smallest absolute Gasteiger partial charge is 0.325 e. The molecule has 0 fully saturated rings. The van der Waals surface area contributed by atoms with E-state index in [0.29, 0.717) is 28.6 Å². The van der Waals surface area contributed by atoms with Gasteiger partial charge in [-0.25, -0.2) is 4.79 Å². The summed E-state index contributed by atoms with van der Waals surface area (Å²) in [5, 5.41) is 2.90. The first kappa shape index (κ1) is 24.4. The zero-order chi connectivity index (χ0) is 24.0. The first-order valence-electron chi connectivity index (χ1n) is 10.9. The van der Waals surface area contributed by atoms with E-state index in [2.05, 4.69) is 5.32 Å². The lowest BCUT2D eigenvalue weighted by Crippen LogP contribution is -2.49. The quantitative estimate of drug-likeness (QED) is 0.643. The van der Waals surface area contributed by atoms with Crippen LogP contribution in [0.15, 0.2) is 42.5 Å². The number of ether oxygens (including phenoxy) is 2. The van der Waals surface area contributed by atoms with Crippen LogP contribution in [0.4, 0.5) is 10.5 Å². The van der Waals surface area contributed by atoms with Gasteiger partial charge in [0.25, 0.3) is 5.91 Å². The highest BCUT2D eigenvalue weighted by molar-refractivity contribution is 6.34. The van der Waals surface area contributed by atoms with Gasteiger partial charge in [0.15, 0.2) is 0 Å². The number of hydrogen-bond acceptors (Lipinski definition) is 5. The molecule has 1 heterocycles. The molecular formula is C24H28ClN3O5. The number of benzene rings is 2. The highest BCUT2D eigenvalue weighted by Crippen LogP contribution is 2.31. The standard InChI is InChI=1S/C24H28ClN3O5/c1-4-32-18-10-11-19(20(25)12-18)23(30)28-14-16(3)27(15-17-8-6-7-9-21(17)28)24(31)26-13-22(29)33-5-2/h6-12,16H,4-5,13-15H2,1-3H3,(H,26,31)/t16-/m1/s1. The number of esters is 1. The molecule has 8 nitrogen and oxygen atoms in total. The van der Waals surface area contributed by atoms with Crippen LogP contribution in [0.25, 0.3) is 0 Å². The van der Waals surface area contributed by atoms with Crippen LogP contribution < -0.4 is 15.0 Å². The maximum Gasteiger partial charge on any atom is 0.325 e. The van der Waals surface area contributed by atoms with Crippen LogP contribution in [-0.4, -0.2) is 55.2 Å². The second kappa shape index (κ2) is 11.0. The van der Waals surface area contributed by atoms with Gasteiger partial charge in [-0.15, -0.1) is 0 Å². The van der Waals surface area contributed by atoms with Crippen LogP contribution in [0.1, 0.15) is 36.7 Å². The molecule has 3 amide bonds. The molecule has 1 aliphatic rings. The predicted molar refractivity (Wildman–Crippen MR) is 126 cm³/mol. The van der Waals surface area contributed by atoms with Gasteiger partial charge in [0.1, 0.15) is 12.3 Å². The number of nitrogens with zero attached hydrogens (tertiary/aromatic N) is 2. The lowest BCUT2D eigenvalue weighted by atomic mass is 10.1. The predicted octanol–water partition coefficient (Wildman–Crippen LogP) is 3.86. The summed E-state index contributed by atoms with van der Waals surface area (Å²) in [6.45, 7) is 6.49. The number of carbonyl (C=O) groups is 3. The molecule has 0 aromatic heterocycles. The van der Waals surface area contributed by atoms with Gasteiger partial charge in [-0.1, -0.05) is 29.8 Å². The summed E-state index contributed by atoms with van der Waals surface area (Å²) in [5.74, 6) is -0.181. The number of fused-ring (bicyclic) bond motifs is 1. The van der Waals surface area contributed by atoms with Gasteiger partial charge in [0.05, 0.1) is 23.8 Å². The van der Waals surface area contributed by atoms with Gasteiger partial charge in [-0.05, 0) is 50.6 Å². The molecule has 0 saturated carbocycles. The zero-order valence-corrected chi connectivity index (χ0v) is 19.7. The first-order chi connectivity index (χ1) is 15.8. The van der Waals surface area contributed by atoms with Crippen LogP contribution in [-0.2, 0) is 16.1 Å². The minimum atomic E-state index is -0.504. The number of nitrogens with one attached hydrogen (secondary N) is 1. The molecule has 33 heavy (non-hydrogen) atoms. The molecule has 0 bridgehead atoms. The van der Waals surface area contributed by atoms with Crippen LogP contribution in [0, 0.1) is 0 Å². The summed E-state index contributed by atoms with van der Waals surface area (Å²) >= 11 is 6.41. The van der Waals surface area contributed by atoms with E-state index in [4.69, 9.17) is 21.1 Å². The van der Waals surface area contributed by atoms with Crippen LogP contribution in [0.3, 0.4) is 0 Å². The maximum atomic E-state index is 13.5. The molecule has 2 aromatic rings. The monoisotopic (exact) mass is 473 g/mol. The highest BCUT2D eigenvalue weighted by Gasteiger charge is 2.32. The Kier molecular flexibility index (Phi) is 8.16. The van der Waals surface area contributed by atoms with Crippen molar-refractivity contribution in [3.05, 3.63) is 58.6 Å². The normalized spacial score (nSPS) is 15.3. The molecule has 0 spiro atoms. The summed E-state index contributed by atoms with van der Waals surface area (Å²) in [6.07, 6.45) is 0. The third-order valence-corrected chi connectivity index (χ3v) is 5.59. The lowest BCUT2D eigenvalue weighted by molar-refractivity contribution is -0.141. The minimum absolute atomic E-state index is 0.220. The van der Waals surface area contributed by atoms with Crippen molar-refractivity contribution in [1.29, 1.82) is 0 Å². The van der Waals surface area contributed by atoms with E-state index < -0.39 is 12.0 Å². The summed E-state index contributed by atoms with van der Waals surface area (Å²) in [4.78, 5) is 41.3. The van der Waals surface area contributed by atoms with Gasteiger partial charge in [-0.3, -0.25) is 9.59 Å². The fraction of sp³-hybridized carbons (Fsp3) is 0.375. The summed E-state index contributed by atoms with van der Waals surface area (Å²) in [6, 6.07) is 11.7. The second-order valence-electron chi connectivity index (χ2n) is 7.56. The summed E-state index contributed by atoms with van der Waals surface area (Å²) in [5.41, 5.74) is 1.87. The molecule has 2 aromatic carbocycles. The van der Waals surface area contributed by atoms with Crippen LogP contribution in [0.2, 0.25) is 5.02 Å². The number of anilines is 1. The Morgan fingerprint density at radius 2 is 1.88 bits per heavy atom. The Balaban J connectivity index is 1.86. The van der Waals surface area contributed by atoms with Gasteiger partial charge >= 0.3 is 12.0 Å². The fourth-order valence-electron chi connectivity index (χ4n) is 3.71. The average molecular weight is 474 g/mol. The third kappa shape index (κ3) is 5.76. The number of hydrogen-bond donors (Lipinski definition) is 1. The topological polar surface area (TPSA) is 88.2 Å². The SMILES string of the molecule is CCOC(=O)CNC(=O)N1Cc2ccccc2N(C(=O)c2ccc(OCC)cc2Cl)C[C@H]1C. The van der Waals surface area contributed by atoms with Gasteiger partial charge in [0.2, 0.25) is 0 Å². The molecule has 9 heteroatoms. The molecule has 0 unspecified atom stereocenters. The molecule has 0 aliphatic carbocycles. The van der Waals surface area contributed by atoms with Gasteiger partial charge in [-0.2, -0.15) is 0 Å². The molecule has 1 N–H and O–H groups in total. The number of halogens is 1. The van der Waals surface area contributed by atoms with Crippen molar-refractivity contribution in [3.63, 3.8) is 0 Å². The van der Waals surface area contributed by atoms with E-state index in [1.807, 2.05) is 38.1 Å². The Hall–Kier alpha value is -3.26. The molecule has 1 atom stereocenters. The maximum absolute atomic E-state index is 13.5. The Labute approximate surface area is 198 Å². The van der Waals surface area contributed by atoms with Crippen molar-refractivity contribution < 1.29 is 23.9 Å². The van der Waals surface area contributed by atoms with E-state index >= 15 is 0 Å². The molecule has 176 valence electrons. The average Bonchev–Trinajstić information content (AvgIpc) is 2.94. The Morgan fingerprint density at radius 1 is 1.12 bits per heavy atom. The third-order valence-electron chi connectivity index (χ3n) is 5.28. The molecule has 3 rings (SSSR count). The van der Waals surface area contributed by atoms with E-state index in [0.717, 1.165) is 5.56 Å². The zero-order valence-electron chi connectivity index (χ0n) is 19.0. The second-order valence-corrected chi connectivity index (χ2v) is 7.97. The van der Waals surface area contributed by atoms with E-state index in [1.165, 1.54) is 0 Å². The summed E-state index contributed by atoms with van der Waals surface area (Å²) < 4.78 is 10.3. The lowest BCUT2D eigenvalue weighted by Gasteiger charge is -2.29. The van der Waals surface area contributed by atoms with Crippen LogP contribution >= 0.6 is 11.6 Å². The highest BCUT2D eigenvalue weighted by atomic mass is 35.5. The number of amides is 3. The van der Waals surface area contributed by atoms with Crippen molar-refractivity contribution >= 4 is 35.2 Å². The molecule has 0 saturated heterocycles. The molecule has 0 radical (unpaired) electrons. The number of para-hydroxylation sites is 1. The number of urea groups is 1. The van der Waals surface area contributed by atoms with Gasteiger partial charge in [0, 0.05) is 24.8 Å². The molecular weight excluding hydrogens is 446 g/mol. The van der Waals surface area contributed by atoms with Crippen molar-refractivity contribution in [2.24, 2.45) is 0 Å². The van der Waals surface area contributed by atoms with Crippen molar-refractivity contribution in [3.8, 4) is 5.75 Å². The fourth-order valence-corrected chi connectivity index (χ4v) is 3.96. The number of carbonyl (C=O) groups excluding carboxylic acids is 3. The largest absolute Gasteiger partial charge is 0.494 e. The molecule has 1 aliphatic heterocycles. The van der Waals surface area contributed by atoms with E-state index in [9.17, 15) is 14.4 Å². The van der Waals surface area contributed by atoms with Crippen molar-refractivity contribution in [2.75, 3.05) is 31.2 Å². The van der Waals surface area contributed by atoms with E-state index in [1.54, 1.807) is 34.9 Å². The summed E-state index contributed by atoms with van der Waals surface area (Å²) in [7, 11) is 0. The Morgan fingerprint density at radius 3 is 2.58 bits per heavy atom. The van der Waals surface area contributed by atoms with Gasteiger partial charge < -0.3 is 24.6 Å².